The monoisotopic (exact) mass is 570 g/mol. The van der Waals surface area contributed by atoms with Crippen molar-refractivity contribution in [2.24, 2.45) is 0 Å². The van der Waals surface area contributed by atoms with Gasteiger partial charge in [0.25, 0.3) is 0 Å². The number of rotatable bonds is 4. The van der Waals surface area contributed by atoms with Crippen LogP contribution in [0, 0.1) is 11.6 Å². The van der Waals surface area contributed by atoms with Gasteiger partial charge in [-0.2, -0.15) is 0 Å². The van der Waals surface area contributed by atoms with Crippen molar-refractivity contribution in [2.45, 2.75) is 0 Å². The molecule has 8 aromatic rings. The van der Waals surface area contributed by atoms with Crippen LogP contribution in [0.15, 0.2) is 146 Å². The van der Waals surface area contributed by atoms with Gasteiger partial charge in [0.05, 0.1) is 5.56 Å². The molecule has 1 nitrogen and oxygen atoms in total. The maximum atomic E-state index is 15.4. The molecular weight excluding hydrogens is 546 g/mol. The third-order valence-corrected chi connectivity index (χ3v) is 8.50. The predicted octanol–water partition coefficient (Wildman–Crippen LogP) is 11.1. The Morgan fingerprint density at radius 1 is 0.409 bits per heavy atom. The lowest BCUT2D eigenvalue weighted by molar-refractivity contribution is 0.103. The van der Waals surface area contributed by atoms with Gasteiger partial charge in [-0.15, -0.1) is 0 Å². The number of fused-ring (bicyclic) bond motifs is 5. The van der Waals surface area contributed by atoms with Crippen LogP contribution < -0.4 is 0 Å². The molecule has 0 spiro atoms. The Morgan fingerprint density at radius 2 is 0.955 bits per heavy atom. The summed E-state index contributed by atoms with van der Waals surface area (Å²) in [7, 11) is 0. The number of hydrogen-bond donors (Lipinski definition) is 0. The highest BCUT2D eigenvalue weighted by Crippen LogP contribution is 2.40. The van der Waals surface area contributed by atoms with Crippen molar-refractivity contribution in [1.29, 1.82) is 0 Å². The molecule has 208 valence electrons. The molecular formula is C41H24F2O. The third-order valence-electron chi connectivity index (χ3n) is 8.50. The summed E-state index contributed by atoms with van der Waals surface area (Å²) in [6, 6.07) is 46.3. The number of benzene rings is 8. The Hall–Kier alpha value is -5.67. The zero-order valence-electron chi connectivity index (χ0n) is 23.5. The molecule has 0 bridgehead atoms. The van der Waals surface area contributed by atoms with Crippen LogP contribution in [0.2, 0.25) is 0 Å². The highest BCUT2D eigenvalue weighted by atomic mass is 19.1. The first-order valence-corrected chi connectivity index (χ1v) is 14.5. The van der Waals surface area contributed by atoms with E-state index in [4.69, 9.17) is 0 Å². The Bertz CT molecular complexity index is 2400. The van der Waals surface area contributed by atoms with E-state index in [2.05, 4.69) is 66.7 Å². The van der Waals surface area contributed by atoms with Gasteiger partial charge in [-0.05, 0) is 114 Å². The van der Waals surface area contributed by atoms with Crippen molar-refractivity contribution in [1.82, 2.24) is 0 Å². The average molecular weight is 571 g/mol. The molecule has 44 heavy (non-hydrogen) atoms. The second-order valence-corrected chi connectivity index (χ2v) is 11.2. The number of hydrogen-bond acceptors (Lipinski definition) is 1. The molecule has 0 N–H and O–H groups in total. The lowest BCUT2D eigenvalue weighted by atomic mass is 9.89. The van der Waals surface area contributed by atoms with Gasteiger partial charge in [0.1, 0.15) is 11.6 Å². The summed E-state index contributed by atoms with van der Waals surface area (Å²) in [5.74, 6) is -2.44. The minimum atomic E-state index is -0.881. The molecule has 0 atom stereocenters. The summed E-state index contributed by atoms with van der Waals surface area (Å²) in [5, 5.41) is 9.19. The SMILES string of the molecule is O=C(c1ccccc1)c1c(F)cc(-c2cccc(-c3cc4cc5ccccc5cc4c4cc5ccccc5cc34)c2)cc1F. The van der Waals surface area contributed by atoms with Crippen LogP contribution in [0.4, 0.5) is 8.78 Å². The van der Waals surface area contributed by atoms with Crippen molar-refractivity contribution in [3.05, 3.63) is 168 Å². The quantitative estimate of drug-likeness (QED) is 0.117. The van der Waals surface area contributed by atoms with Crippen molar-refractivity contribution in [2.75, 3.05) is 0 Å². The van der Waals surface area contributed by atoms with E-state index in [9.17, 15) is 4.79 Å². The van der Waals surface area contributed by atoms with Crippen LogP contribution in [0.3, 0.4) is 0 Å². The molecule has 0 fully saturated rings. The summed E-state index contributed by atoms with van der Waals surface area (Å²) in [6.45, 7) is 0. The second kappa shape index (κ2) is 10.3. The van der Waals surface area contributed by atoms with E-state index in [1.54, 1.807) is 30.3 Å². The lowest BCUT2D eigenvalue weighted by Crippen LogP contribution is -2.07. The van der Waals surface area contributed by atoms with Gasteiger partial charge in [0, 0.05) is 5.56 Å². The van der Waals surface area contributed by atoms with E-state index in [0.29, 0.717) is 11.1 Å². The minimum Gasteiger partial charge on any atom is -0.288 e. The van der Waals surface area contributed by atoms with Gasteiger partial charge in [0.15, 0.2) is 5.78 Å². The van der Waals surface area contributed by atoms with Crippen LogP contribution in [-0.2, 0) is 0 Å². The summed E-state index contributed by atoms with van der Waals surface area (Å²) < 4.78 is 30.7. The molecule has 0 aliphatic heterocycles. The summed E-state index contributed by atoms with van der Waals surface area (Å²) in [6.07, 6.45) is 0. The zero-order valence-corrected chi connectivity index (χ0v) is 23.5. The van der Waals surface area contributed by atoms with Gasteiger partial charge >= 0.3 is 0 Å². The van der Waals surface area contributed by atoms with Gasteiger partial charge in [0.2, 0.25) is 0 Å². The molecule has 0 radical (unpaired) electrons. The van der Waals surface area contributed by atoms with Gasteiger partial charge in [-0.25, -0.2) is 8.78 Å². The molecule has 3 heteroatoms. The fourth-order valence-corrected chi connectivity index (χ4v) is 6.33. The fraction of sp³-hybridized carbons (Fsp3) is 0. The number of halogens is 2. The van der Waals surface area contributed by atoms with Crippen LogP contribution >= 0.6 is 0 Å². The van der Waals surface area contributed by atoms with E-state index in [1.165, 1.54) is 22.9 Å². The Balaban J connectivity index is 1.31. The van der Waals surface area contributed by atoms with Crippen LogP contribution in [0.1, 0.15) is 15.9 Å². The van der Waals surface area contributed by atoms with Gasteiger partial charge < -0.3 is 0 Å². The second-order valence-electron chi connectivity index (χ2n) is 11.2. The van der Waals surface area contributed by atoms with Crippen molar-refractivity contribution < 1.29 is 13.6 Å². The van der Waals surface area contributed by atoms with Crippen molar-refractivity contribution in [3.63, 3.8) is 0 Å². The first-order chi connectivity index (χ1) is 21.5. The van der Waals surface area contributed by atoms with Crippen LogP contribution in [0.5, 0.6) is 0 Å². The zero-order chi connectivity index (χ0) is 29.8. The Labute approximate surface area is 252 Å². The Morgan fingerprint density at radius 3 is 1.61 bits per heavy atom. The molecule has 0 saturated heterocycles. The predicted molar refractivity (Wildman–Crippen MR) is 177 cm³/mol. The highest BCUT2D eigenvalue weighted by molar-refractivity contribution is 6.20. The highest BCUT2D eigenvalue weighted by Gasteiger charge is 2.21. The maximum absolute atomic E-state index is 15.4. The lowest BCUT2D eigenvalue weighted by Gasteiger charge is -2.15. The average Bonchev–Trinajstić information content (AvgIpc) is 3.06. The molecule has 0 heterocycles. The number of ketones is 1. The third kappa shape index (κ3) is 4.33. The molecule has 0 aliphatic rings. The first-order valence-electron chi connectivity index (χ1n) is 14.5. The van der Waals surface area contributed by atoms with Gasteiger partial charge in [-0.1, -0.05) is 97.1 Å². The first kappa shape index (κ1) is 26.0. The van der Waals surface area contributed by atoms with Crippen molar-refractivity contribution >= 4 is 48.9 Å². The molecule has 0 unspecified atom stereocenters. The molecule has 8 rings (SSSR count). The Kier molecular flexibility index (Phi) is 6.06. The summed E-state index contributed by atoms with van der Waals surface area (Å²) >= 11 is 0. The van der Waals surface area contributed by atoms with Gasteiger partial charge in [-0.3, -0.25) is 4.79 Å². The normalized spacial score (nSPS) is 11.5. The van der Waals surface area contributed by atoms with Crippen LogP contribution in [-0.4, -0.2) is 5.78 Å². The van der Waals surface area contributed by atoms with E-state index < -0.39 is 23.0 Å². The summed E-state index contributed by atoms with van der Waals surface area (Å²) in [5.41, 5.74) is 2.69. The molecule has 0 aromatic heterocycles. The molecule has 0 saturated carbocycles. The fourth-order valence-electron chi connectivity index (χ4n) is 6.33. The number of carbonyl (C=O) groups is 1. The topological polar surface area (TPSA) is 17.1 Å². The van der Waals surface area contributed by atoms with E-state index in [0.717, 1.165) is 43.4 Å². The summed E-state index contributed by atoms with van der Waals surface area (Å²) in [4.78, 5) is 12.9. The molecule has 8 aromatic carbocycles. The number of carbonyl (C=O) groups excluding carboxylic acids is 1. The minimum absolute atomic E-state index is 0.239. The maximum Gasteiger partial charge on any atom is 0.198 e. The van der Waals surface area contributed by atoms with E-state index in [-0.39, 0.29) is 5.56 Å². The van der Waals surface area contributed by atoms with E-state index in [1.807, 2.05) is 36.4 Å². The molecule has 0 amide bonds. The standard InChI is InChI=1S/C41H24F2O/c42-38-23-32(24-39(43)40(38)41(44)25-9-2-1-3-10-25)27-15-8-16-31(17-27)34-22-33-18-26-11-4-5-12-28(26)19-35(33)37-21-30-14-7-6-13-29(30)20-36(34)37/h1-24H. The van der Waals surface area contributed by atoms with E-state index >= 15 is 8.78 Å². The largest absolute Gasteiger partial charge is 0.288 e. The van der Waals surface area contributed by atoms with Crippen LogP contribution in [0.25, 0.3) is 65.3 Å². The molecule has 0 aliphatic carbocycles. The van der Waals surface area contributed by atoms with Crippen molar-refractivity contribution in [3.8, 4) is 22.3 Å². The smallest absolute Gasteiger partial charge is 0.198 e.